The molecule has 104 valence electrons. The summed E-state index contributed by atoms with van der Waals surface area (Å²) >= 11 is 0. The normalized spacial score (nSPS) is 17.5. The van der Waals surface area contributed by atoms with Crippen molar-refractivity contribution in [3.8, 4) is 0 Å². The number of aromatic nitrogens is 2. The minimum Gasteiger partial charge on any atom is -0.383 e. The Morgan fingerprint density at radius 1 is 1.44 bits per heavy atom. The lowest BCUT2D eigenvalue weighted by atomic mass is 10.0. The van der Waals surface area contributed by atoms with Crippen LogP contribution in [-0.4, -0.2) is 34.6 Å². The highest BCUT2D eigenvalue weighted by molar-refractivity contribution is 4.99. The molecule has 0 saturated heterocycles. The Labute approximate surface area is 102 Å². The number of aliphatic hydroxyl groups excluding tert-OH is 1. The van der Waals surface area contributed by atoms with Gasteiger partial charge >= 0.3 is 6.18 Å². The maximum absolute atomic E-state index is 12.1. The molecule has 0 spiro atoms. The first-order valence-corrected chi connectivity index (χ1v) is 5.36. The van der Waals surface area contributed by atoms with Crippen molar-refractivity contribution in [2.24, 2.45) is 0 Å². The number of alkyl halides is 3. The highest BCUT2D eigenvalue weighted by Crippen LogP contribution is 2.27. The summed E-state index contributed by atoms with van der Waals surface area (Å²) in [6.45, 7) is 3.52. The zero-order valence-electron chi connectivity index (χ0n) is 10.3. The fraction of sp³-hybridized carbons (Fsp3) is 0.800. The van der Waals surface area contributed by atoms with E-state index in [9.17, 15) is 13.2 Å². The third kappa shape index (κ3) is 3.20. The molecule has 1 N–H and O–H groups in total. The maximum atomic E-state index is 12.1. The first kappa shape index (κ1) is 14.9. The Kier molecular flexibility index (Phi) is 4.33. The second kappa shape index (κ2) is 5.23. The molecule has 0 aromatic carbocycles. The summed E-state index contributed by atoms with van der Waals surface area (Å²) < 4.78 is 46.3. The second-order valence-corrected chi connectivity index (χ2v) is 4.06. The van der Waals surface area contributed by atoms with Gasteiger partial charge in [-0.15, -0.1) is 0 Å². The molecular weight excluding hydrogens is 253 g/mol. The number of rotatable bonds is 5. The van der Waals surface area contributed by atoms with Gasteiger partial charge in [0.05, 0.1) is 6.42 Å². The maximum Gasteiger partial charge on any atom is 0.414 e. The molecule has 5 nitrogen and oxygen atoms in total. The molecule has 0 aliphatic carbocycles. The van der Waals surface area contributed by atoms with E-state index < -0.39 is 24.3 Å². The molecule has 0 radical (unpaired) electrons. The summed E-state index contributed by atoms with van der Waals surface area (Å²) in [7, 11) is 1.45. The number of nitrogens with zero attached hydrogens (tertiary/aromatic N) is 2. The summed E-state index contributed by atoms with van der Waals surface area (Å²) in [5.41, 5.74) is -0.815. The number of halogens is 3. The van der Waals surface area contributed by atoms with Gasteiger partial charge < -0.3 is 14.4 Å². The molecular formula is C10H15F3N2O3. The van der Waals surface area contributed by atoms with E-state index in [1.807, 2.05) is 6.92 Å². The van der Waals surface area contributed by atoms with Crippen molar-refractivity contribution >= 4 is 0 Å². The lowest BCUT2D eigenvalue weighted by Crippen LogP contribution is -2.30. The third-order valence-corrected chi connectivity index (χ3v) is 2.81. The Morgan fingerprint density at radius 2 is 2.06 bits per heavy atom. The second-order valence-electron chi connectivity index (χ2n) is 4.06. The van der Waals surface area contributed by atoms with Crippen molar-refractivity contribution in [2.75, 3.05) is 7.11 Å². The van der Waals surface area contributed by atoms with Crippen LogP contribution in [0.25, 0.3) is 0 Å². The van der Waals surface area contributed by atoms with E-state index in [0.717, 1.165) is 0 Å². The van der Waals surface area contributed by atoms with E-state index in [4.69, 9.17) is 9.84 Å². The van der Waals surface area contributed by atoms with Crippen molar-refractivity contribution in [3.63, 3.8) is 0 Å². The van der Waals surface area contributed by atoms with E-state index in [1.54, 1.807) is 6.92 Å². The van der Waals surface area contributed by atoms with Gasteiger partial charge in [0.1, 0.15) is 5.60 Å². The lowest BCUT2D eigenvalue weighted by molar-refractivity contribution is -0.204. The molecule has 18 heavy (non-hydrogen) atoms. The van der Waals surface area contributed by atoms with Crippen LogP contribution in [0.4, 0.5) is 13.2 Å². The minimum atomic E-state index is -4.70. The minimum absolute atomic E-state index is 0.164. The zero-order chi connectivity index (χ0) is 14.0. The van der Waals surface area contributed by atoms with Gasteiger partial charge in [0.2, 0.25) is 11.7 Å². The first-order valence-electron chi connectivity index (χ1n) is 5.36. The molecule has 0 bridgehead atoms. The molecule has 1 heterocycles. The van der Waals surface area contributed by atoms with Gasteiger partial charge in [-0.3, -0.25) is 0 Å². The van der Waals surface area contributed by atoms with Crippen molar-refractivity contribution in [3.05, 3.63) is 11.7 Å². The molecule has 1 aromatic rings. The average molecular weight is 268 g/mol. The molecule has 0 saturated carbocycles. The summed E-state index contributed by atoms with van der Waals surface area (Å²) in [6.07, 6.45) is -7.45. The molecule has 2 unspecified atom stereocenters. The highest BCUT2D eigenvalue weighted by Gasteiger charge is 2.40. The quantitative estimate of drug-likeness (QED) is 0.882. The van der Waals surface area contributed by atoms with Gasteiger partial charge in [-0.25, -0.2) is 0 Å². The van der Waals surface area contributed by atoms with E-state index >= 15 is 0 Å². The van der Waals surface area contributed by atoms with Crippen LogP contribution in [0.15, 0.2) is 4.52 Å². The molecule has 0 aliphatic rings. The molecule has 8 heteroatoms. The van der Waals surface area contributed by atoms with Crippen LogP contribution >= 0.6 is 0 Å². The monoisotopic (exact) mass is 268 g/mol. The number of methoxy groups -OCH3 is 1. The molecule has 0 amide bonds. The van der Waals surface area contributed by atoms with Crippen LogP contribution < -0.4 is 0 Å². The van der Waals surface area contributed by atoms with Gasteiger partial charge in [0, 0.05) is 7.11 Å². The summed E-state index contributed by atoms with van der Waals surface area (Å²) in [5.74, 6) is -0.108. The van der Waals surface area contributed by atoms with Crippen LogP contribution in [0, 0.1) is 0 Å². The van der Waals surface area contributed by atoms with Crippen LogP contribution in [-0.2, 0) is 16.8 Å². The van der Waals surface area contributed by atoms with Gasteiger partial charge in [0.25, 0.3) is 0 Å². The molecule has 0 fully saturated rings. The van der Waals surface area contributed by atoms with E-state index in [0.29, 0.717) is 6.42 Å². The third-order valence-electron chi connectivity index (χ3n) is 2.81. The Morgan fingerprint density at radius 3 is 2.50 bits per heavy atom. The van der Waals surface area contributed by atoms with Crippen LogP contribution in [0.1, 0.15) is 32.0 Å². The topological polar surface area (TPSA) is 68.4 Å². The smallest absolute Gasteiger partial charge is 0.383 e. The summed E-state index contributed by atoms with van der Waals surface area (Å²) in [4.78, 5) is 3.81. The Bertz CT molecular complexity index is 388. The number of ether oxygens (including phenoxy) is 1. The van der Waals surface area contributed by atoms with E-state index in [1.165, 1.54) is 7.11 Å². The summed E-state index contributed by atoms with van der Waals surface area (Å²) in [5, 5.41) is 12.5. The van der Waals surface area contributed by atoms with Crippen molar-refractivity contribution in [2.45, 2.75) is 44.6 Å². The Hall–Kier alpha value is -1.15. The van der Waals surface area contributed by atoms with Gasteiger partial charge in [-0.05, 0) is 13.3 Å². The fourth-order valence-corrected chi connectivity index (χ4v) is 1.23. The predicted octanol–water partition coefficient (Wildman–Crippen LogP) is 1.81. The Balaban J connectivity index is 2.81. The van der Waals surface area contributed by atoms with Gasteiger partial charge in [-0.2, -0.15) is 18.2 Å². The molecule has 1 rings (SSSR count). The van der Waals surface area contributed by atoms with Crippen LogP contribution in [0.3, 0.4) is 0 Å². The van der Waals surface area contributed by atoms with Gasteiger partial charge in [0.15, 0.2) is 6.10 Å². The van der Waals surface area contributed by atoms with Crippen molar-refractivity contribution in [1.82, 2.24) is 10.1 Å². The van der Waals surface area contributed by atoms with Crippen molar-refractivity contribution < 1.29 is 27.5 Å². The molecule has 0 aliphatic heterocycles. The number of hydrogen-bond donors (Lipinski definition) is 1. The van der Waals surface area contributed by atoms with E-state index in [2.05, 4.69) is 14.7 Å². The van der Waals surface area contributed by atoms with E-state index in [-0.39, 0.29) is 11.7 Å². The SMILES string of the molecule is CCC(C)(OC)c1noc(CC(O)C(F)(F)F)n1. The predicted molar refractivity (Wildman–Crippen MR) is 54.7 cm³/mol. The van der Waals surface area contributed by atoms with Crippen LogP contribution in [0.5, 0.6) is 0 Å². The fourth-order valence-electron chi connectivity index (χ4n) is 1.23. The van der Waals surface area contributed by atoms with Crippen molar-refractivity contribution in [1.29, 1.82) is 0 Å². The largest absolute Gasteiger partial charge is 0.414 e. The summed E-state index contributed by atoms with van der Waals surface area (Å²) in [6, 6.07) is 0. The molecule has 2 atom stereocenters. The lowest BCUT2D eigenvalue weighted by Gasteiger charge is -2.21. The van der Waals surface area contributed by atoms with Gasteiger partial charge in [-0.1, -0.05) is 12.1 Å². The standard InChI is InChI=1S/C10H15F3N2O3/c1-4-9(2,17-3)8-14-7(18-15-8)5-6(16)10(11,12)13/h6,16H,4-5H2,1-3H3. The zero-order valence-corrected chi connectivity index (χ0v) is 10.3. The number of aliphatic hydroxyl groups is 1. The first-order chi connectivity index (χ1) is 8.23. The molecule has 1 aromatic heterocycles. The van der Waals surface area contributed by atoms with Crippen LogP contribution in [0.2, 0.25) is 0 Å². The highest BCUT2D eigenvalue weighted by atomic mass is 19.4. The average Bonchev–Trinajstić information content (AvgIpc) is 2.75. The number of hydrogen-bond acceptors (Lipinski definition) is 5.